The highest BCUT2D eigenvalue weighted by Gasteiger charge is 2.08. The van der Waals surface area contributed by atoms with Crippen molar-refractivity contribution in [1.82, 2.24) is 4.90 Å². The summed E-state index contributed by atoms with van der Waals surface area (Å²) in [4.78, 5) is 6.81. The van der Waals surface area contributed by atoms with Crippen LogP contribution in [0.1, 0.15) is 18.4 Å². The first-order chi connectivity index (χ1) is 10.2. The van der Waals surface area contributed by atoms with E-state index < -0.39 is 0 Å². The molecule has 0 radical (unpaired) electrons. The average molecular weight is 418 g/mol. The number of nitrogens with two attached hydrogens (primary N) is 1. The van der Waals surface area contributed by atoms with E-state index in [0.29, 0.717) is 5.96 Å². The van der Waals surface area contributed by atoms with Crippen LogP contribution < -0.4 is 11.1 Å². The minimum Gasteiger partial charge on any atom is -0.379 e. The highest BCUT2D eigenvalue weighted by Crippen LogP contribution is 2.08. The van der Waals surface area contributed by atoms with Gasteiger partial charge in [0.15, 0.2) is 5.96 Å². The van der Waals surface area contributed by atoms with Gasteiger partial charge in [0.1, 0.15) is 0 Å². The van der Waals surface area contributed by atoms with Gasteiger partial charge in [-0.15, -0.1) is 24.0 Å². The largest absolute Gasteiger partial charge is 0.379 e. The number of hydrogen-bond donors (Lipinski definition) is 2. The van der Waals surface area contributed by atoms with Crippen molar-refractivity contribution in [3.63, 3.8) is 0 Å². The second kappa shape index (κ2) is 10.8. The van der Waals surface area contributed by atoms with Gasteiger partial charge < -0.3 is 15.8 Å². The molecular weight excluding hydrogens is 391 g/mol. The Morgan fingerprint density at radius 3 is 2.59 bits per heavy atom. The summed E-state index contributed by atoms with van der Waals surface area (Å²) in [6.45, 7) is 7.81. The summed E-state index contributed by atoms with van der Waals surface area (Å²) in [7, 11) is 0. The lowest BCUT2D eigenvalue weighted by Crippen LogP contribution is -2.36. The Balaban J connectivity index is 0.00000242. The Morgan fingerprint density at radius 2 is 1.91 bits per heavy atom. The zero-order valence-corrected chi connectivity index (χ0v) is 15.6. The first-order valence-corrected chi connectivity index (χ1v) is 7.68. The SMILES string of the molecule is Cc1ccc(NC(N)=NCCCCN2CCOCC2)cc1.I. The highest BCUT2D eigenvalue weighted by molar-refractivity contribution is 14.0. The molecule has 0 atom stereocenters. The van der Waals surface area contributed by atoms with Gasteiger partial charge in [-0.2, -0.15) is 0 Å². The molecule has 1 aromatic carbocycles. The van der Waals surface area contributed by atoms with E-state index in [1.807, 2.05) is 12.1 Å². The molecule has 0 aromatic heterocycles. The molecule has 0 saturated carbocycles. The maximum Gasteiger partial charge on any atom is 0.193 e. The fourth-order valence-electron chi connectivity index (χ4n) is 2.30. The van der Waals surface area contributed by atoms with Gasteiger partial charge in [0.25, 0.3) is 0 Å². The van der Waals surface area contributed by atoms with E-state index in [1.165, 1.54) is 5.56 Å². The lowest BCUT2D eigenvalue weighted by molar-refractivity contribution is 0.0373. The van der Waals surface area contributed by atoms with Crippen LogP contribution in [0.4, 0.5) is 5.69 Å². The van der Waals surface area contributed by atoms with Gasteiger partial charge in [0.2, 0.25) is 0 Å². The monoisotopic (exact) mass is 418 g/mol. The summed E-state index contributed by atoms with van der Waals surface area (Å²) in [5, 5.41) is 3.11. The molecular formula is C16H27IN4O. The van der Waals surface area contributed by atoms with Gasteiger partial charge in [0, 0.05) is 25.3 Å². The third-order valence-electron chi connectivity index (χ3n) is 3.59. The van der Waals surface area contributed by atoms with E-state index in [-0.39, 0.29) is 24.0 Å². The van der Waals surface area contributed by atoms with Gasteiger partial charge in [-0.05, 0) is 38.4 Å². The summed E-state index contributed by atoms with van der Waals surface area (Å²) >= 11 is 0. The number of ether oxygens (including phenoxy) is 1. The van der Waals surface area contributed by atoms with Crippen molar-refractivity contribution in [2.75, 3.05) is 44.7 Å². The Labute approximate surface area is 150 Å². The summed E-state index contributed by atoms with van der Waals surface area (Å²) in [5.74, 6) is 0.491. The molecule has 0 aliphatic carbocycles. The molecule has 1 fully saturated rings. The van der Waals surface area contributed by atoms with E-state index in [1.54, 1.807) is 0 Å². The van der Waals surface area contributed by atoms with Gasteiger partial charge in [0.05, 0.1) is 13.2 Å². The van der Waals surface area contributed by atoms with Crippen LogP contribution in [0.5, 0.6) is 0 Å². The standard InChI is InChI=1S/C16H26N4O.HI/c1-14-4-6-15(7-5-14)19-16(17)18-8-2-3-9-20-10-12-21-13-11-20;/h4-7H,2-3,8-13H2,1H3,(H3,17,18,19);1H. The van der Waals surface area contributed by atoms with E-state index in [9.17, 15) is 0 Å². The summed E-state index contributed by atoms with van der Waals surface area (Å²) in [5.41, 5.74) is 8.10. The molecule has 1 aliphatic heterocycles. The number of hydrogen-bond acceptors (Lipinski definition) is 3. The lowest BCUT2D eigenvalue weighted by atomic mass is 10.2. The quantitative estimate of drug-likeness (QED) is 0.323. The van der Waals surface area contributed by atoms with Gasteiger partial charge >= 0.3 is 0 Å². The normalized spacial score (nSPS) is 16.1. The van der Waals surface area contributed by atoms with Crippen LogP contribution in [0.3, 0.4) is 0 Å². The molecule has 0 bridgehead atoms. The molecule has 0 spiro atoms. The summed E-state index contributed by atoms with van der Waals surface area (Å²) < 4.78 is 5.33. The number of unbranched alkanes of at least 4 members (excludes halogenated alkanes) is 1. The molecule has 5 nitrogen and oxygen atoms in total. The molecule has 1 aliphatic rings. The van der Waals surface area contributed by atoms with Gasteiger partial charge in [-0.3, -0.25) is 9.89 Å². The van der Waals surface area contributed by atoms with E-state index in [2.05, 4.69) is 34.3 Å². The molecule has 0 unspecified atom stereocenters. The predicted octanol–water partition coefficient (Wildman–Crippen LogP) is 2.45. The van der Waals surface area contributed by atoms with Crippen LogP contribution in [-0.4, -0.2) is 50.3 Å². The Hall–Kier alpha value is -0.860. The smallest absolute Gasteiger partial charge is 0.193 e. The van der Waals surface area contributed by atoms with Crippen LogP contribution >= 0.6 is 24.0 Å². The van der Waals surface area contributed by atoms with E-state index in [4.69, 9.17) is 10.5 Å². The molecule has 22 heavy (non-hydrogen) atoms. The Bertz CT molecular complexity index is 444. The fourth-order valence-corrected chi connectivity index (χ4v) is 2.30. The maximum absolute atomic E-state index is 5.88. The van der Waals surface area contributed by atoms with Crippen LogP contribution in [0.15, 0.2) is 29.3 Å². The number of aryl methyl sites for hydroxylation is 1. The van der Waals surface area contributed by atoms with Crippen molar-refractivity contribution in [3.8, 4) is 0 Å². The fraction of sp³-hybridized carbons (Fsp3) is 0.562. The third-order valence-corrected chi connectivity index (χ3v) is 3.59. The number of nitrogens with one attached hydrogen (secondary N) is 1. The zero-order valence-electron chi connectivity index (χ0n) is 13.3. The number of halogens is 1. The first-order valence-electron chi connectivity index (χ1n) is 7.68. The molecule has 0 amide bonds. The Morgan fingerprint density at radius 1 is 1.23 bits per heavy atom. The lowest BCUT2D eigenvalue weighted by Gasteiger charge is -2.26. The molecule has 1 aromatic rings. The van der Waals surface area contributed by atoms with Gasteiger partial charge in [-0.1, -0.05) is 17.7 Å². The van der Waals surface area contributed by atoms with Gasteiger partial charge in [-0.25, -0.2) is 0 Å². The van der Waals surface area contributed by atoms with Crippen molar-refractivity contribution in [2.45, 2.75) is 19.8 Å². The summed E-state index contributed by atoms with van der Waals surface area (Å²) in [6.07, 6.45) is 2.22. The second-order valence-electron chi connectivity index (χ2n) is 5.42. The molecule has 1 saturated heterocycles. The van der Waals surface area contributed by atoms with E-state index in [0.717, 1.165) is 57.9 Å². The molecule has 6 heteroatoms. The highest BCUT2D eigenvalue weighted by atomic mass is 127. The number of guanidine groups is 1. The van der Waals surface area contributed by atoms with Crippen molar-refractivity contribution in [1.29, 1.82) is 0 Å². The number of rotatable bonds is 6. The van der Waals surface area contributed by atoms with Crippen molar-refractivity contribution in [2.24, 2.45) is 10.7 Å². The van der Waals surface area contributed by atoms with E-state index >= 15 is 0 Å². The van der Waals surface area contributed by atoms with Crippen LogP contribution in [0.2, 0.25) is 0 Å². The third kappa shape index (κ3) is 7.42. The number of morpholine rings is 1. The molecule has 1 heterocycles. The van der Waals surface area contributed by atoms with Crippen molar-refractivity contribution in [3.05, 3.63) is 29.8 Å². The number of nitrogens with zero attached hydrogens (tertiary/aromatic N) is 2. The van der Waals surface area contributed by atoms with Crippen LogP contribution in [-0.2, 0) is 4.74 Å². The minimum absolute atomic E-state index is 0. The maximum atomic E-state index is 5.88. The zero-order chi connectivity index (χ0) is 14.9. The van der Waals surface area contributed by atoms with Crippen molar-refractivity contribution < 1.29 is 4.74 Å². The molecule has 3 N–H and O–H groups in total. The van der Waals surface area contributed by atoms with Crippen molar-refractivity contribution >= 4 is 35.6 Å². The summed E-state index contributed by atoms with van der Waals surface area (Å²) in [6, 6.07) is 8.13. The van der Waals surface area contributed by atoms with Crippen LogP contribution in [0.25, 0.3) is 0 Å². The topological polar surface area (TPSA) is 62.9 Å². The second-order valence-corrected chi connectivity index (χ2v) is 5.42. The van der Waals surface area contributed by atoms with Crippen LogP contribution in [0, 0.1) is 6.92 Å². The molecule has 2 rings (SSSR count). The average Bonchev–Trinajstić information content (AvgIpc) is 2.50. The Kier molecular flexibility index (Phi) is 9.42. The number of benzene rings is 1. The number of aliphatic imine (C=N–C) groups is 1. The number of anilines is 1. The molecule has 124 valence electrons. The minimum atomic E-state index is 0. The predicted molar refractivity (Wildman–Crippen MR) is 103 cm³/mol. The first kappa shape index (κ1) is 19.2.